The number of anilines is 2. The molecule has 0 amide bonds. The zero-order chi connectivity index (χ0) is 11.8. The van der Waals surface area contributed by atoms with Crippen molar-refractivity contribution in [3.63, 3.8) is 0 Å². The molecule has 0 aliphatic rings. The van der Waals surface area contributed by atoms with Crippen LogP contribution in [-0.2, 0) is 0 Å². The normalized spacial score (nSPS) is 10.8. The van der Waals surface area contributed by atoms with Gasteiger partial charge in [-0.15, -0.1) is 5.10 Å². The molecule has 0 aliphatic carbocycles. The number of nitrogen functional groups attached to an aromatic ring is 2. The lowest BCUT2D eigenvalue weighted by atomic mass is 10.3. The smallest absolute Gasteiger partial charge is 0.222 e. The number of para-hydroxylation sites is 1. The average molecular weight is 226 g/mol. The summed E-state index contributed by atoms with van der Waals surface area (Å²) < 4.78 is 1.66. The molecule has 2 aromatic heterocycles. The van der Waals surface area contributed by atoms with Crippen LogP contribution in [0.2, 0.25) is 0 Å². The summed E-state index contributed by atoms with van der Waals surface area (Å²) in [4.78, 5) is 8.07. The molecular formula is C11H10N6. The van der Waals surface area contributed by atoms with Gasteiger partial charge in [0.2, 0.25) is 5.95 Å². The second-order valence-corrected chi connectivity index (χ2v) is 3.60. The number of aromatic nitrogens is 4. The molecule has 0 saturated heterocycles. The van der Waals surface area contributed by atoms with Crippen molar-refractivity contribution >= 4 is 22.8 Å². The van der Waals surface area contributed by atoms with Crippen LogP contribution in [-0.4, -0.2) is 19.7 Å². The van der Waals surface area contributed by atoms with E-state index in [0.717, 1.165) is 5.69 Å². The number of hydrogen-bond acceptors (Lipinski definition) is 5. The molecule has 0 saturated carbocycles. The highest BCUT2D eigenvalue weighted by atomic mass is 15.3. The van der Waals surface area contributed by atoms with Crippen LogP contribution in [0.25, 0.3) is 16.7 Å². The molecule has 6 nitrogen and oxygen atoms in total. The van der Waals surface area contributed by atoms with E-state index in [1.807, 2.05) is 30.3 Å². The van der Waals surface area contributed by atoms with Gasteiger partial charge < -0.3 is 11.5 Å². The van der Waals surface area contributed by atoms with Gasteiger partial charge in [0.15, 0.2) is 11.5 Å². The maximum atomic E-state index is 5.81. The van der Waals surface area contributed by atoms with E-state index in [0.29, 0.717) is 16.9 Å². The lowest BCUT2D eigenvalue weighted by Crippen LogP contribution is -2.00. The highest BCUT2D eigenvalue weighted by Crippen LogP contribution is 2.21. The van der Waals surface area contributed by atoms with Gasteiger partial charge in [-0.05, 0) is 12.1 Å². The van der Waals surface area contributed by atoms with E-state index >= 15 is 0 Å². The third-order valence-electron chi connectivity index (χ3n) is 2.47. The summed E-state index contributed by atoms with van der Waals surface area (Å²) in [5.41, 5.74) is 12.9. The minimum absolute atomic E-state index is 0.203. The number of benzene rings is 1. The van der Waals surface area contributed by atoms with E-state index in [1.54, 1.807) is 10.9 Å². The summed E-state index contributed by atoms with van der Waals surface area (Å²) in [7, 11) is 0. The molecule has 2 heterocycles. The molecule has 1 aromatic carbocycles. The summed E-state index contributed by atoms with van der Waals surface area (Å²) in [6.07, 6.45) is 1.58. The molecule has 0 atom stereocenters. The fourth-order valence-corrected chi connectivity index (χ4v) is 1.69. The molecule has 0 spiro atoms. The Kier molecular flexibility index (Phi) is 1.94. The van der Waals surface area contributed by atoms with Gasteiger partial charge >= 0.3 is 0 Å². The Morgan fingerprint density at radius 2 is 1.82 bits per heavy atom. The van der Waals surface area contributed by atoms with E-state index in [1.165, 1.54) is 0 Å². The number of nitrogens with two attached hydrogens (primary N) is 2. The predicted molar refractivity (Wildman–Crippen MR) is 65.5 cm³/mol. The van der Waals surface area contributed by atoms with Crippen molar-refractivity contribution in [3.05, 3.63) is 36.5 Å². The largest absolute Gasteiger partial charge is 0.382 e. The zero-order valence-corrected chi connectivity index (χ0v) is 8.91. The molecule has 0 bridgehead atoms. The van der Waals surface area contributed by atoms with Gasteiger partial charge in [0.25, 0.3) is 0 Å². The van der Waals surface area contributed by atoms with Gasteiger partial charge in [-0.25, -0.2) is 9.67 Å². The zero-order valence-electron chi connectivity index (χ0n) is 8.91. The molecule has 0 radical (unpaired) electrons. The van der Waals surface area contributed by atoms with Gasteiger partial charge in [0.05, 0.1) is 11.1 Å². The molecule has 0 fully saturated rings. The highest BCUT2D eigenvalue weighted by Gasteiger charge is 2.11. The number of nitrogens with zero attached hydrogens (tertiary/aromatic N) is 4. The van der Waals surface area contributed by atoms with Crippen LogP contribution in [0.3, 0.4) is 0 Å². The van der Waals surface area contributed by atoms with Crippen molar-refractivity contribution in [2.75, 3.05) is 11.5 Å². The highest BCUT2D eigenvalue weighted by molar-refractivity contribution is 5.87. The first-order chi connectivity index (χ1) is 8.25. The first-order valence-electron chi connectivity index (χ1n) is 5.08. The van der Waals surface area contributed by atoms with E-state index in [9.17, 15) is 0 Å². The van der Waals surface area contributed by atoms with Gasteiger partial charge in [0.1, 0.15) is 0 Å². The SMILES string of the molecule is Nc1ncc2c(N)nn(-c3ccccc3)c2n1. The van der Waals surface area contributed by atoms with Crippen LogP contribution >= 0.6 is 0 Å². The van der Waals surface area contributed by atoms with Crippen LogP contribution in [0.15, 0.2) is 36.5 Å². The van der Waals surface area contributed by atoms with Crippen LogP contribution in [0, 0.1) is 0 Å². The first kappa shape index (κ1) is 9.59. The molecule has 4 N–H and O–H groups in total. The molecular weight excluding hydrogens is 216 g/mol. The monoisotopic (exact) mass is 226 g/mol. The quantitative estimate of drug-likeness (QED) is 0.644. The Bertz CT molecular complexity index is 673. The molecule has 3 aromatic rings. The van der Waals surface area contributed by atoms with Gasteiger partial charge in [-0.3, -0.25) is 0 Å². The maximum absolute atomic E-state index is 5.81. The van der Waals surface area contributed by atoms with Crippen molar-refractivity contribution in [3.8, 4) is 5.69 Å². The maximum Gasteiger partial charge on any atom is 0.222 e. The van der Waals surface area contributed by atoms with E-state index in [-0.39, 0.29) is 5.95 Å². The second kappa shape index (κ2) is 3.44. The number of rotatable bonds is 1. The molecule has 0 unspecified atom stereocenters. The van der Waals surface area contributed by atoms with Crippen molar-refractivity contribution in [2.45, 2.75) is 0 Å². The Balaban J connectivity index is 2.34. The van der Waals surface area contributed by atoms with Gasteiger partial charge in [0, 0.05) is 6.20 Å². The fraction of sp³-hybridized carbons (Fsp3) is 0. The average Bonchev–Trinajstić information content (AvgIpc) is 2.67. The second-order valence-electron chi connectivity index (χ2n) is 3.60. The Hall–Kier alpha value is -2.63. The summed E-state index contributed by atoms with van der Waals surface area (Å²) in [5, 5.41) is 4.93. The topological polar surface area (TPSA) is 95.6 Å². The lowest BCUT2D eigenvalue weighted by Gasteiger charge is -2.01. The third kappa shape index (κ3) is 1.46. The molecule has 0 aliphatic heterocycles. The molecule has 3 rings (SSSR count). The fourth-order valence-electron chi connectivity index (χ4n) is 1.69. The lowest BCUT2D eigenvalue weighted by molar-refractivity contribution is 0.902. The standard InChI is InChI=1S/C11H10N6/c12-9-8-6-14-11(13)15-10(8)17(16-9)7-4-2-1-3-5-7/h1-6H,(H2,12,16)(H2,13,14,15). The van der Waals surface area contributed by atoms with Crippen molar-refractivity contribution in [1.82, 2.24) is 19.7 Å². The Morgan fingerprint density at radius 3 is 2.59 bits per heavy atom. The number of fused-ring (bicyclic) bond motifs is 1. The van der Waals surface area contributed by atoms with E-state index in [4.69, 9.17) is 11.5 Å². The van der Waals surface area contributed by atoms with Crippen molar-refractivity contribution in [2.24, 2.45) is 0 Å². The van der Waals surface area contributed by atoms with Crippen LogP contribution in [0.4, 0.5) is 11.8 Å². The summed E-state index contributed by atoms with van der Waals surface area (Å²) in [5.74, 6) is 0.596. The van der Waals surface area contributed by atoms with E-state index in [2.05, 4.69) is 15.1 Å². The summed E-state index contributed by atoms with van der Waals surface area (Å²) >= 11 is 0. The molecule has 17 heavy (non-hydrogen) atoms. The minimum atomic E-state index is 0.203. The summed E-state index contributed by atoms with van der Waals surface area (Å²) in [6.45, 7) is 0. The van der Waals surface area contributed by atoms with Crippen LogP contribution < -0.4 is 11.5 Å². The first-order valence-corrected chi connectivity index (χ1v) is 5.08. The van der Waals surface area contributed by atoms with Crippen molar-refractivity contribution < 1.29 is 0 Å². The molecule has 6 heteroatoms. The Morgan fingerprint density at radius 1 is 1.06 bits per heavy atom. The minimum Gasteiger partial charge on any atom is -0.382 e. The van der Waals surface area contributed by atoms with Gasteiger partial charge in [-0.2, -0.15) is 4.98 Å². The molecule has 84 valence electrons. The van der Waals surface area contributed by atoms with Crippen molar-refractivity contribution in [1.29, 1.82) is 0 Å². The van der Waals surface area contributed by atoms with Crippen LogP contribution in [0.1, 0.15) is 0 Å². The van der Waals surface area contributed by atoms with Gasteiger partial charge in [-0.1, -0.05) is 18.2 Å². The number of hydrogen-bond donors (Lipinski definition) is 2. The van der Waals surface area contributed by atoms with Crippen LogP contribution in [0.5, 0.6) is 0 Å². The van der Waals surface area contributed by atoms with E-state index < -0.39 is 0 Å². The third-order valence-corrected chi connectivity index (χ3v) is 2.47. The summed E-state index contributed by atoms with van der Waals surface area (Å²) in [6, 6.07) is 9.61. The predicted octanol–water partition coefficient (Wildman–Crippen LogP) is 0.980. The Labute approximate surface area is 96.9 Å².